The van der Waals surface area contributed by atoms with E-state index >= 15 is 0 Å². The van der Waals surface area contributed by atoms with E-state index in [1.165, 1.54) is 10.8 Å². The van der Waals surface area contributed by atoms with Gasteiger partial charge in [-0.05, 0) is 43.3 Å². The molecule has 3 aromatic carbocycles. The van der Waals surface area contributed by atoms with Crippen LogP contribution >= 0.6 is 0 Å². The normalized spacial score (nSPS) is 18.9. The molecule has 0 amide bonds. The minimum absolute atomic E-state index is 0.0778. The number of aromatic nitrogens is 3. The first-order chi connectivity index (χ1) is 22.3. The molecule has 1 saturated heterocycles. The lowest BCUT2D eigenvalue weighted by Crippen LogP contribution is -2.41. The van der Waals surface area contributed by atoms with Crippen molar-refractivity contribution in [2.75, 3.05) is 12.3 Å². The average molecular weight is 618 g/mol. The van der Waals surface area contributed by atoms with Gasteiger partial charge in [-0.1, -0.05) is 54.6 Å². The fourth-order valence-electron chi connectivity index (χ4n) is 5.25. The molecular formula is C34H27N5O7. The zero-order valence-corrected chi connectivity index (χ0v) is 24.5. The Bertz CT molecular complexity index is 1940. The molecular weight excluding hydrogens is 590 g/mol. The van der Waals surface area contributed by atoms with Crippen LogP contribution in [0.15, 0.2) is 97.2 Å². The molecule has 6 rings (SSSR count). The van der Waals surface area contributed by atoms with Crippen molar-refractivity contribution in [3.8, 4) is 6.07 Å². The first kappa shape index (κ1) is 30.0. The highest BCUT2D eigenvalue weighted by Gasteiger charge is 2.52. The van der Waals surface area contributed by atoms with Gasteiger partial charge in [0.05, 0.1) is 27.6 Å². The van der Waals surface area contributed by atoms with E-state index in [9.17, 15) is 19.6 Å². The van der Waals surface area contributed by atoms with Gasteiger partial charge in [-0.25, -0.2) is 24.4 Å². The number of nitriles is 1. The SMILES string of the molecule is Cc1nc(N)c2c(C#N)cn(C3OC(COC(=O)c4ccccc4)C(OC(=O)c4ccccc4)C3OC(=O)c3ccccc3)c2n1. The van der Waals surface area contributed by atoms with Gasteiger partial charge in [0.25, 0.3) is 0 Å². The fourth-order valence-corrected chi connectivity index (χ4v) is 5.25. The Balaban J connectivity index is 1.43. The standard InChI is InChI=1S/C34H27N5O7/c1-20-37-29(36)26-24(17-35)18-39(30(26)38-20)31-28(46-34(42)23-15-9-4-10-16-23)27(45-33(41)22-13-7-3-8-14-22)25(44-31)19-43-32(40)21-11-5-2-6-12-21/h2-16,18,25,27-28,31H,19H2,1H3,(H2,36,37,38). The van der Waals surface area contributed by atoms with Gasteiger partial charge in [-0.3, -0.25) is 0 Å². The first-order valence-corrected chi connectivity index (χ1v) is 14.3. The predicted octanol–water partition coefficient (Wildman–Crippen LogP) is 4.40. The number of nitrogens with zero attached hydrogens (tertiary/aromatic N) is 4. The minimum Gasteiger partial charge on any atom is -0.459 e. The lowest BCUT2D eigenvalue weighted by Gasteiger charge is -2.25. The van der Waals surface area contributed by atoms with Crippen molar-refractivity contribution in [1.29, 1.82) is 5.26 Å². The molecule has 0 aliphatic carbocycles. The predicted molar refractivity (Wildman–Crippen MR) is 163 cm³/mol. The number of ether oxygens (including phenoxy) is 4. The molecule has 0 saturated carbocycles. The number of rotatable bonds is 8. The summed E-state index contributed by atoms with van der Waals surface area (Å²) in [5, 5.41) is 10.2. The van der Waals surface area contributed by atoms with Gasteiger partial charge in [0, 0.05) is 6.20 Å². The van der Waals surface area contributed by atoms with E-state index in [0.717, 1.165) is 0 Å². The molecule has 12 heteroatoms. The Morgan fingerprint density at radius 2 is 1.35 bits per heavy atom. The van der Waals surface area contributed by atoms with Crippen LogP contribution in [0.5, 0.6) is 0 Å². The number of nitrogens with two attached hydrogens (primary N) is 1. The number of carbonyl (C=O) groups excluding carboxylic acids is 3. The second-order valence-electron chi connectivity index (χ2n) is 10.4. The number of aryl methyl sites for hydroxylation is 1. The molecule has 1 fully saturated rings. The van der Waals surface area contributed by atoms with Crippen LogP contribution in [-0.2, 0) is 18.9 Å². The van der Waals surface area contributed by atoms with Crippen LogP contribution in [0.25, 0.3) is 11.0 Å². The van der Waals surface area contributed by atoms with E-state index in [-0.39, 0.29) is 40.1 Å². The Morgan fingerprint density at radius 1 is 0.826 bits per heavy atom. The lowest BCUT2D eigenvalue weighted by atomic mass is 10.1. The number of hydrogen-bond acceptors (Lipinski definition) is 11. The van der Waals surface area contributed by atoms with Crippen LogP contribution < -0.4 is 5.73 Å². The fraction of sp³-hybridized carbons (Fsp3) is 0.176. The molecule has 0 radical (unpaired) electrons. The lowest BCUT2D eigenvalue weighted by molar-refractivity contribution is -0.0604. The Hall–Kier alpha value is -6.06. The van der Waals surface area contributed by atoms with Crippen LogP contribution in [0.4, 0.5) is 5.82 Å². The van der Waals surface area contributed by atoms with Crippen molar-refractivity contribution in [1.82, 2.24) is 14.5 Å². The molecule has 46 heavy (non-hydrogen) atoms. The molecule has 1 aliphatic rings. The third-order valence-electron chi connectivity index (χ3n) is 7.39. The van der Waals surface area contributed by atoms with E-state index in [1.54, 1.807) is 97.9 Å². The Labute approximate surface area is 262 Å². The highest BCUT2D eigenvalue weighted by Crippen LogP contribution is 2.38. The van der Waals surface area contributed by atoms with Gasteiger partial charge in [-0.2, -0.15) is 5.26 Å². The molecule has 4 atom stereocenters. The third-order valence-corrected chi connectivity index (χ3v) is 7.39. The monoisotopic (exact) mass is 617 g/mol. The van der Waals surface area contributed by atoms with Crippen molar-refractivity contribution < 1.29 is 33.3 Å². The molecule has 2 aromatic heterocycles. The van der Waals surface area contributed by atoms with Crippen molar-refractivity contribution in [3.63, 3.8) is 0 Å². The van der Waals surface area contributed by atoms with E-state index < -0.39 is 42.4 Å². The van der Waals surface area contributed by atoms with E-state index in [0.29, 0.717) is 11.4 Å². The summed E-state index contributed by atoms with van der Waals surface area (Å²) in [6.45, 7) is 1.27. The smallest absolute Gasteiger partial charge is 0.338 e. The highest BCUT2D eigenvalue weighted by molar-refractivity contribution is 5.93. The van der Waals surface area contributed by atoms with Gasteiger partial charge in [0.15, 0.2) is 18.4 Å². The Kier molecular flexibility index (Phi) is 8.40. The quantitative estimate of drug-likeness (QED) is 0.193. The van der Waals surface area contributed by atoms with E-state index in [2.05, 4.69) is 16.0 Å². The maximum atomic E-state index is 13.5. The Morgan fingerprint density at radius 3 is 1.89 bits per heavy atom. The summed E-state index contributed by atoms with van der Waals surface area (Å²) >= 11 is 0. The minimum atomic E-state index is -1.29. The van der Waals surface area contributed by atoms with Crippen LogP contribution in [0, 0.1) is 18.3 Å². The maximum Gasteiger partial charge on any atom is 0.338 e. The highest BCUT2D eigenvalue weighted by atomic mass is 16.7. The molecule has 4 unspecified atom stereocenters. The number of esters is 3. The number of fused-ring (bicyclic) bond motifs is 1. The number of hydrogen-bond donors (Lipinski definition) is 1. The van der Waals surface area contributed by atoms with Crippen LogP contribution in [-0.4, -0.2) is 57.4 Å². The van der Waals surface area contributed by atoms with Gasteiger partial charge in [0.2, 0.25) is 0 Å². The zero-order chi connectivity index (χ0) is 32.2. The van der Waals surface area contributed by atoms with Crippen molar-refractivity contribution >= 4 is 34.8 Å². The number of anilines is 1. The number of carbonyl (C=O) groups is 3. The summed E-state index contributed by atoms with van der Waals surface area (Å²) in [7, 11) is 0. The molecule has 3 heterocycles. The maximum absolute atomic E-state index is 13.5. The number of benzene rings is 3. The molecule has 5 aromatic rings. The van der Waals surface area contributed by atoms with Gasteiger partial charge >= 0.3 is 17.9 Å². The van der Waals surface area contributed by atoms with Crippen LogP contribution in [0.1, 0.15) is 48.7 Å². The molecule has 12 nitrogen and oxygen atoms in total. The summed E-state index contributed by atoms with van der Waals surface area (Å²) in [6, 6.07) is 27.0. The van der Waals surface area contributed by atoms with Gasteiger partial charge in [-0.15, -0.1) is 0 Å². The molecule has 0 spiro atoms. The van der Waals surface area contributed by atoms with E-state index in [1.807, 2.05) is 0 Å². The molecule has 230 valence electrons. The summed E-state index contributed by atoms with van der Waals surface area (Å²) in [4.78, 5) is 48.4. The van der Waals surface area contributed by atoms with Crippen molar-refractivity contribution in [2.45, 2.75) is 31.5 Å². The summed E-state index contributed by atoms with van der Waals surface area (Å²) in [6.07, 6.45) is -3.41. The summed E-state index contributed by atoms with van der Waals surface area (Å²) in [5.74, 6) is -1.66. The topological polar surface area (TPSA) is 169 Å². The molecule has 2 N–H and O–H groups in total. The van der Waals surface area contributed by atoms with Crippen LogP contribution in [0.2, 0.25) is 0 Å². The second-order valence-corrected chi connectivity index (χ2v) is 10.4. The van der Waals surface area contributed by atoms with Crippen molar-refractivity contribution in [3.05, 3.63) is 125 Å². The zero-order valence-electron chi connectivity index (χ0n) is 24.5. The van der Waals surface area contributed by atoms with Gasteiger partial charge < -0.3 is 29.2 Å². The van der Waals surface area contributed by atoms with Crippen LogP contribution in [0.3, 0.4) is 0 Å². The van der Waals surface area contributed by atoms with E-state index in [4.69, 9.17) is 24.7 Å². The molecule has 1 aliphatic heterocycles. The average Bonchev–Trinajstić information content (AvgIpc) is 3.62. The molecule has 0 bridgehead atoms. The van der Waals surface area contributed by atoms with Crippen molar-refractivity contribution in [2.24, 2.45) is 0 Å². The number of nitrogen functional groups attached to an aromatic ring is 1. The largest absolute Gasteiger partial charge is 0.459 e. The third kappa shape index (κ3) is 5.99. The second kappa shape index (κ2) is 12.9. The summed E-state index contributed by atoms with van der Waals surface area (Å²) in [5.41, 5.74) is 7.37. The summed E-state index contributed by atoms with van der Waals surface area (Å²) < 4.78 is 25.5. The van der Waals surface area contributed by atoms with Gasteiger partial charge in [0.1, 0.15) is 36.1 Å². The first-order valence-electron chi connectivity index (χ1n) is 14.3.